The second-order valence-electron chi connectivity index (χ2n) is 6.87. The summed E-state index contributed by atoms with van der Waals surface area (Å²) in [6.07, 6.45) is 0.984. The maximum Gasteiger partial charge on any atom is 0.326 e. The number of likely N-dealkylation sites (tertiary alicyclic amines) is 1. The monoisotopic (exact) mass is 387 g/mol. The Morgan fingerprint density at radius 2 is 1.78 bits per heavy atom. The molecule has 27 heavy (non-hydrogen) atoms. The van der Waals surface area contributed by atoms with E-state index in [0.717, 1.165) is 5.56 Å². The number of hydrogen-bond acceptors (Lipinski definition) is 3. The van der Waals surface area contributed by atoms with Gasteiger partial charge in [-0.15, -0.1) is 0 Å². The first-order valence-corrected chi connectivity index (χ1v) is 9.33. The average Bonchev–Trinajstić information content (AvgIpc) is 3.06. The van der Waals surface area contributed by atoms with Crippen LogP contribution >= 0.6 is 11.6 Å². The van der Waals surface area contributed by atoms with Crippen LogP contribution < -0.4 is 4.74 Å². The zero-order valence-corrected chi connectivity index (χ0v) is 16.0. The molecule has 1 heterocycles. The summed E-state index contributed by atoms with van der Waals surface area (Å²) in [5.41, 5.74) is 1.20. The Hall–Kier alpha value is -2.53. The van der Waals surface area contributed by atoms with Gasteiger partial charge < -0.3 is 14.7 Å². The third-order valence-electron chi connectivity index (χ3n) is 4.64. The number of rotatable bonds is 5. The third-order valence-corrected chi connectivity index (χ3v) is 4.99. The zero-order chi connectivity index (χ0) is 19.6. The van der Waals surface area contributed by atoms with E-state index in [-0.39, 0.29) is 18.1 Å². The Labute approximate surface area is 163 Å². The van der Waals surface area contributed by atoms with Crippen LogP contribution in [0.25, 0.3) is 0 Å². The molecule has 1 N–H and O–H groups in total. The fourth-order valence-corrected chi connectivity index (χ4v) is 3.75. The highest BCUT2D eigenvalue weighted by Gasteiger charge is 2.42. The van der Waals surface area contributed by atoms with Crippen molar-refractivity contribution in [2.45, 2.75) is 44.9 Å². The van der Waals surface area contributed by atoms with E-state index >= 15 is 0 Å². The standard InChI is InChI=1S/C21H22ClNO4/c1-13(2)27-15-9-7-14(8-10-15)20(24)23-18(11-12-19(23)21(25)26)16-5-3-4-6-17(16)22/h3-10,13,18-19H,11-12H2,1-2H3,(H,25,26)/t18-,19+/m1/s1. The number of carboxylic acid groups (broad SMARTS) is 1. The number of aliphatic carboxylic acids is 1. The van der Waals surface area contributed by atoms with Crippen LogP contribution in [0, 0.1) is 0 Å². The minimum atomic E-state index is -1.00. The van der Waals surface area contributed by atoms with Crippen molar-refractivity contribution < 1.29 is 19.4 Å². The first-order chi connectivity index (χ1) is 12.9. The van der Waals surface area contributed by atoms with E-state index in [1.807, 2.05) is 32.0 Å². The summed E-state index contributed by atoms with van der Waals surface area (Å²) in [5.74, 6) is -0.654. The minimum Gasteiger partial charge on any atom is -0.491 e. The van der Waals surface area contributed by atoms with Crippen LogP contribution in [0.1, 0.15) is 48.7 Å². The number of nitrogens with zero attached hydrogens (tertiary/aromatic N) is 1. The average molecular weight is 388 g/mol. The molecule has 2 aromatic rings. The normalized spacial score (nSPS) is 19.3. The van der Waals surface area contributed by atoms with Gasteiger partial charge in [0.15, 0.2) is 0 Å². The Bertz CT molecular complexity index is 834. The Morgan fingerprint density at radius 3 is 2.37 bits per heavy atom. The molecule has 0 bridgehead atoms. The molecule has 3 rings (SSSR count). The lowest BCUT2D eigenvalue weighted by Gasteiger charge is -2.29. The molecule has 0 saturated carbocycles. The van der Waals surface area contributed by atoms with Gasteiger partial charge in [0.1, 0.15) is 11.8 Å². The van der Waals surface area contributed by atoms with Gasteiger partial charge in [0, 0.05) is 10.6 Å². The van der Waals surface area contributed by atoms with Crippen molar-refractivity contribution in [2.75, 3.05) is 0 Å². The number of hydrogen-bond donors (Lipinski definition) is 1. The van der Waals surface area contributed by atoms with Gasteiger partial charge in [0.2, 0.25) is 0 Å². The molecule has 0 radical (unpaired) electrons. The SMILES string of the molecule is CC(C)Oc1ccc(C(=O)N2[C@@H](c3ccccc3Cl)CC[C@H]2C(=O)O)cc1. The topological polar surface area (TPSA) is 66.8 Å². The van der Waals surface area contributed by atoms with Gasteiger partial charge in [-0.05, 0) is 62.6 Å². The third kappa shape index (κ3) is 4.08. The summed E-state index contributed by atoms with van der Waals surface area (Å²) in [4.78, 5) is 26.4. The summed E-state index contributed by atoms with van der Waals surface area (Å²) in [6, 6.07) is 12.8. The van der Waals surface area contributed by atoms with Crippen LogP contribution in [0.4, 0.5) is 0 Å². The molecule has 5 nitrogen and oxygen atoms in total. The van der Waals surface area contributed by atoms with Crippen molar-refractivity contribution in [3.63, 3.8) is 0 Å². The summed E-state index contributed by atoms with van der Waals surface area (Å²) in [5, 5.41) is 10.1. The Kier molecular flexibility index (Phi) is 5.71. The van der Waals surface area contributed by atoms with Crippen LogP contribution in [0.15, 0.2) is 48.5 Å². The maximum absolute atomic E-state index is 13.2. The van der Waals surface area contributed by atoms with Gasteiger partial charge in [-0.2, -0.15) is 0 Å². The maximum atomic E-state index is 13.2. The van der Waals surface area contributed by atoms with E-state index < -0.39 is 12.0 Å². The summed E-state index contributed by atoms with van der Waals surface area (Å²) < 4.78 is 5.60. The molecule has 0 spiro atoms. The molecule has 2 aromatic carbocycles. The van der Waals surface area contributed by atoms with E-state index in [1.54, 1.807) is 30.3 Å². The van der Waals surface area contributed by atoms with Crippen molar-refractivity contribution >= 4 is 23.5 Å². The summed E-state index contributed by atoms with van der Waals surface area (Å²) in [7, 11) is 0. The summed E-state index contributed by atoms with van der Waals surface area (Å²) >= 11 is 6.31. The molecule has 1 aliphatic heterocycles. The van der Waals surface area contributed by atoms with Crippen molar-refractivity contribution in [3.8, 4) is 5.75 Å². The highest BCUT2D eigenvalue weighted by Crippen LogP contribution is 2.40. The summed E-state index contributed by atoms with van der Waals surface area (Å²) in [6.45, 7) is 3.85. The smallest absolute Gasteiger partial charge is 0.326 e. The molecular weight excluding hydrogens is 366 g/mol. The first kappa shape index (κ1) is 19.2. The molecule has 0 aliphatic carbocycles. The van der Waals surface area contributed by atoms with E-state index in [9.17, 15) is 14.7 Å². The first-order valence-electron chi connectivity index (χ1n) is 8.95. The lowest BCUT2D eigenvalue weighted by atomic mass is 10.0. The number of ether oxygens (including phenoxy) is 1. The molecule has 1 fully saturated rings. The van der Waals surface area contributed by atoms with E-state index in [1.165, 1.54) is 4.90 Å². The molecule has 2 atom stereocenters. The van der Waals surface area contributed by atoms with Crippen molar-refractivity contribution in [2.24, 2.45) is 0 Å². The number of halogens is 1. The predicted octanol–water partition coefficient (Wildman–Crippen LogP) is 4.56. The largest absolute Gasteiger partial charge is 0.491 e. The lowest BCUT2D eigenvalue weighted by molar-refractivity contribution is -0.141. The van der Waals surface area contributed by atoms with Gasteiger partial charge in [0.05, 0.1) is 12.1 Å². The number of benzene rings is 2. The Morgan fingerprint density at radius 1 is 1.11 bits per heavy atom. The van der Waals surface area contributed by atoms with Gasteiger partial charge in [-0.3, -0.25) is 4.79 Å². The second kappa shape index (κ2) is 8.01. The van der Waals surface area contributed by atoms with Gasteiger partial charge >= 0.3 is 5.97 Å². The van der Waals surface area contributed by atoms with Gasteiger partial charge in [0.25, 0.3) is 5.91 Å². The molecule has 1 saturated heterocycles. The zero-order valence-electron chi connectivity index (χ0n) is 15.3. The van der Waals surface area contributed by atoms with Crippen LogP contribution in [0.3, 0.4) is 0 Å². The Balaban J connectivity index is 1.92. The highest BCUT2D eigenvalue weighted by molar-refractivity contribution is 6.31. The molecular formula is C21H22ClNO4. The fraction of sp³-hybridized carbons (Fsp3) is 0.333. The molecule has 6 heteroatoms. The van der Waals surface area contributed by atoms with Crippen LogP contribution in [-0.4, -0.2) is 34.0 Å². The number of carboxylic acids is 1. The van der Waals surface area contributed by atoms with Crippen molar-refractivity contribution in [1.82, 2.24) is 4.90 Å². The lowest BCUT2D eigenvalue weighted by Crippen LogP contribution is -2.41. The van der Waals surface area contributed by atoms with Crippen LogP contribution in [0.5, 0.6) is 5.75 Å². The van der Waals surface area contributed by atoms with Crippen LogP contribution in [-0.2, 0) is 4.79 Å². The second-order valence-corrected chi connectivity index (χ2v) is 7.28. The highest BCUT2D eigenvalue weighted by atomic mass is 35.5. The molecule has 142 valence electrons. The van der Waals surface area contributed by atoms with Crippen molar-refractivity contribution in [1.29, 1.82) is 0 Å². The molecule has 1 aliphatic rings. The number of amides is 1. The predicted molar refractivity (Wildman–Crippen MR) is 103 cm³/mol. The quantitative estimate of drug-likeness (QED) is 0.816. The molecule has 1 amide bonds. The minimum absolute atomic E-state index is 0.0335. The molecule has 0 unspecified atom stereocenters. The van der Waals surface area contributed by atoms with E-state index in [2.05, 4.69) is 0 Å². The van der Waals surface area contributed by atoms with Gasteiger partial charge in [-0.1, -0.05) is 29.8 Å². The molecule has 0 aromatic heterocycles. The van der Waals surface area contributed by atoms with Crippen molar-refractivity contribution in [3.05, 3.63) is 64.7 Å². The van der Waals surface area contributed by atoms with E-state index in [0.29, 0.717) is 29.2 Å². The van der Waals surface area contributed by atoms with Gasteiger partial charge in [-0.25, -0.2) is 4.79 Å². The number of carbonyl (C=O) groups is 2. The number of carbonyl (C=O) groups excluding carboxylic acids is 1. The fourth-order valence-electron chi connectivity index (χ4n) is 3.48. The van der Waals surface area contributed by atoms with Crippen LogP contribution in [0.2, 0.25) is 5.02 Å². The van der Waals surface area contributed by atoms with E-state index in [4.69, 9.17) is 16.3 Å².